The van der Waals surface area contributed by atoms with Gasteiger partial charge in [0.1, 0.15) is 5.75 Å². The average Bonchev–Trinajstić information content (AvgIpc) is 2.45. The summed E-state index contributed by atoms with van der Waals surface area (Å²) in [5.74, 6) is 0.103. The van der Waals surface area contributed by atoms with Gasteiger partial charge in [0, 0.05) is 18.5 Å². The first-order valence-electron chi connectivity index (χ1n) is 7.11. The summed E-state index contributed by atoms with van der Waals surface area (Å²) < 4.78 is 28.3. The van der Waals surface area contributed by atoms with Gasteiger partial charge in [0.05, 0.1) is 0 Å². The quantitative estimate of drug-likeness (QED) is 0.877. The van der Waals surface area contributed by atoms with Crippen LogP contribution in [-0.2, 0) is 11.3 Å². The molecule has 0 spiro atoms. The standard InChI is InChI=1S/C15H20F2N2O2/c16-15(17)21-13-6-4-10(5-7-13)9-19-14(20)11-2-1-3-12(18)8-11/h4-7,11-12,15H,1-3,8-9,18H2,(H,19,20). The lowest BCUT2D eigenvalue weighted by molar-refractivity contribution is -0.126. The molecule has 1 fully saturated rings. The van der Waals surface area contributed by atoms with Crippen molar-refractivity contribution in [2.45, 2.75) is 44.9 Å². The van der Waals surface area contributed by atoms with E-state index in [1.165, 1.54) is 12.1 Å². The molecule has 1 saturated carbocycles. The summed E-state index contributed by atoms with van der Waals surface area (Å²) in [5.41, 5.74) is 6.71. The minimum atomic E-state index is -2.83. The molecule has 1 aliphatic rings. The van der Waals surface area contributed by atoms with Gasteiger partial charge < -0.3 is 15.8 Å². The Morgan fingerprint density at radius 2 is 2.05 bits per heavy atom. The zero-order chi connectivity index (χ0) is 15.2. The lowest BCUT2D eigenvalue weighted by Gasteiger charge is -2.25. The molecule has 1 aromatic rings. The molecule has 0 radical (unpaired) electrons. The summed E-state index contributed by atoms with van der Waals surface area (Å²) in [6.45, 7) is -2.45. The topological polar surface area (TPSA) is 64.4 Å². The molecule has 2 unspecified atom stereocenters. The van der Waals surface area contributed by atoms with Gasteiger partial charge in [-0.15, -0.1) is 0 Å². The van der Waals surface area contributed by atoms with E-state index in [-0.39, 0.29) is 23.6 Å². The van der Waals surface area contributed by atoms with Crippen LogP contribution in [0.2, 0.25) is 0 Å². The number of amides is 1. The molecule has 0 bridgehead atoms. The van der Waals surface area contributed by atoms with E-state index < -0.39 is 6.61 Å². The zero-order valence-electron chi connectivity index (χ0n) is 11.7. The van der Waals surface area contributed by atoms with E-state index in [1.54, 1.807) is 12.1 Å². The molecule has 0 aromatic heterocycles. The van der Waals surface area contributed by atoms with Crippen molar-refractivity contribution in [1.82, 2.24) is 5.32 Å². The predicted molar refractivity (Wildman–Crippen MR) is 74.9 cm³/mol. The van der Waals surface area contributed by atoms with Crippen LogP contribution in [0.25, 0.3) is 0 Å². The van der Waals surface area contributed by atoms with Gasteiger partial charge in [0.15, 0.2) is 0 Å². The van der Waals surface area contributed by atoms with Crippen LogP contribution in [0.15, 0.2) is 24.3 Å². The van der Waals surface area contributed by atoms with Crippen molar-refractivity contribution in [3.63, 3.8) is 0 Å². The number of benzene rings is 1. The SMILES string of the molecule is NC1CCCC(C(=O)NCc2ccc(OC(F)F)cc2)C1. The third-order valence-corrected chi connectivity index (χ3v) is 3.70. The van der Waals surface area contributed by atoms with Crippen molar-refractivity contribution >= 4 is 5.91 Å². The van der Waals surface area contributed by atoms with E-state index in [9.17, 15) is 13.6 Å². The number of ether oxygens (including phenoxy) is 1. The molecule has 0 aliphatic heterocycles. The van der Waals surface area contributed by atoms with Gasteiger partial charge in [-0.2, -0.15) is 8.78 Å². The van der Waals surface area contributed by atoms with Gasteiger partial charge in [-0.3, -0.25) is 4.79 Å². The molecular weight excluding hydrogens is 278 g/mol. The second-order valence-corrected chi connectivity index (χ2v) is 5.36. The monoisotopic (exact) mass is 298 g/mol. The summed E-state index contributed by atoms with van der Waals surface area (Å²) in [5, 5.41) is 2.87. The number of carbonyl (C=O) groups excluding carboxylic acids is 1. The number of alkyl halides is 2. The first-order valence-corrected chi connectivity index (χ1v) is 7.11. The van der Waals surface area contributed by atoms with E-state index in [0.29, 0.717) is 6.54 Å². The van der Waals surface area contributed by atoms with Crippen molar-refractivity contribution in [1.29, 1.82) is 0 Å². The summed E-state index contributed by atoms with van der Waals surface area (Å²) >= 11 is 0. The first-order chi connectivity index (χ1) is 10.0. The molecule has 4 nitrogen and oxygen atoms in total. The minimum Gasteiger partial charge on any atom is -0.435 e. The fourth-order valence-corrected chi connectivity index (χ4v) is 2.59. The van der Waals surface area contributed by atoms with Crippen molar-refractivity contribution in [2.75, 3.05) is 0 Å². The third-order valence-electron chi connectivity index (χ3n) is 3.70. The summed E-state index contributed by atoms with van der Waals surface area (Å²) in [6, 6.07) is 6.35. The number of hydrogen-bond donors (Lipinski definition) is 2. The Morgan fingerprint density at radius 1 is 1.33 bits per heavy atom. The van der Waals surface area contributed by atoms with Crippen molar-refractivity contribution in [3.8, 4) is 5.75 Å². The van der Waals surface area contributed by atoms with E-state index in [0.717, 1.165) is 31.2 Å². The van der Waals surface area contributed by atoms with Crippen LogP contribution >= 0.6 is 0 Å². The molecular formula is C15H20F2N2O2. The third kappa shape index (κ3) is 4.97. The van der Waals surface area contributed by atoms with Gasteiger partial charge in [-0.05, 0) is 37.0 Å². The summed E-state index contributed by atoms with van der Waals surface area (Å²) in [6.07, 6.45) is 3.57. The lowest BCUT2D eigenvalue weighted by atomic mass is 9.85. The average molecular weight is 298 g/mol. The number of halogens is 2. The zero-order valence-corrected chi connectivity index (χ0v) is 11.7. The van der Waals surface area contributed by atoms with Crippen LogP contribution in [0.3, 0.4) is 0 Å². The fourth-order valence-electron chi connectivity index (χ4n) is 2.59. The van der Waals surface area contributed by atoms with Crippen LogP contribution in [0, 0.1) is 5.92 Å². The molecule has 1 aliphatic carbocycles. The van der Waals surface area contributed by atoms with Gasteiger partial charge in [0.2, 0.25) is 5.91 Å². The maximum Gasteiger partial charge on any atom is 0.387 e. The predicted octanol–water partition coefficient (Wildman–Crippen LogP) is 2.42. The Hall–Kier alpha value is -1.69. The van der Waals surface area contributed by atoms with E-state index in [1.807, 2.05) is 0 Å². The largest absolute Gasteiger partial charge is 0.435 e. The van der Waals surface area contributed by atoms with E-state index in [4.69, 9.17) is 5.73 Å². The van der Waals surface area contributed by atoms with Crippen LogP contribution in [0.1, 0.15) is 31.2 Å². The molecule has 1 amide bonds. The normalized spacial score (nSPS) is 22.1. The molecule has 0 heterocycles. The second-order valence-electron chi connectivity index (χ2n) is 5.36. The van der Waals surface area contributed by atoms with E-state index >= 15 is 0 Å². The highest BCUT2D eigenvalue weighted by atomic mass is 19.3. The van der Waals surface area contributed by atoms with Crippen LogP contribution in [0.4, 0.5) is 8.78 Å². The van der Waals surface area contributed by atoms with Crippen molar-refractivity contribution in [3.05, 3.63) is 29.8 Å². The molecule has 2 rings (SSSR count). The van der Waals surface area contributed by atoms with Crippen molar-refractivity contribution in [2.24, 2.45) is 11.7 Å². The smallest absolute Gasteiger partial charge is 0.387 e. The number of carbonyl (C=O) groups is 1. The number of nitrogens with one attached hydrogen (secondary N) is 1. The summed E-state index contributed by atoms with van der Waals surface area (Å²) in [7, 11) is 0. The number of nitrogens with two attached hydrogens (primary N) is 1. The van der Waals surface area contributed by atoms with Crippen molar-refractivity contribution < 1.29 is 18.3 Å². The lowest BCUT2D eigenvalue weighted by Crippen LogP contribution is -2.37. The summed E-state index contributed by atoms with van der Waals surface area (Å²) in [4.78, 5) is 12.0. The Morgan fingerprint density at radius 3 is 2.67 bits per heavy atom. The minimum absolute atomic E-state index is 0.0121. The number of hydrogen-bond acceptors (Lipinski definition) is 3. The Bertz CT molecular complexity index is 465. The fraction of sp³-hybridized carbons (Fsp3) is 0.533. The maximum atomic E-state index is 12.0. The highest BCUT2D eigenvalue weighted by molar-refractivity contribution is 5.78. The van der Waals surface area contributed by atoms with Gasteiger partial charge in [-0.1, -0.05) is 18.6 Å². The van der Waals surface area contributed by atoms with Crippen LogP contribution in [0.5, 0.6) is 5.75 Å². The van der Waals surface area contributed by atoms with E-state index in [2.05, 4.69) is 10.1 Å². The molecule has 116 valence electrons. The van der Waals surface area contributed by atoms with Crippen LogP contribution in [-0.4, -0.2) is 18.6 Å². The Kier molecular flexibility index (Phi) is 5.50. The van der Waals surface area contributed by atoms with Crippen LogP contribution < -0.4 is 15.8 Å². The second kappa shape index (κ2) is 7.36. The van der Waals surface area contributed by atoms with Gasteiger partial charge in [0.25, 0.3) is 0 Å². The highest BCUT2D eigenvalue weighted by Crippen LogP contribution is 2.23. The van der Waals surface area contributed by atoms with Gasteiger partial charge in [-0.25, -0.2) is 0 Å². The first kappa shape index (κ1) is 15.7. The molecule has 6 heteroatoms. The molecule has 0 saturated heterocycles. The maximum absolute atomic E-state index is 12.0. The number of rotatable bonds is 5. The molecule has 3 N–H and O–H groups in total. The molecule has 21 heavy (non-hydrogen) atoms. The van der Waals surface area contributed by atoms with Gasteiger partial charge >= 0.3 is 6.61 Å². The highest BCUT2D eigenvalue weighted by Gasteiger charge is 2.24. The molecule has 2 atom stereocenters. The Balaban J connectivity index is 1.80. The Labute approximate surface area is 122 Å². The molecule has 1 aromatic carbocycles.